The van der Waals surface area contributed by atoms with E-state index in [-0.39, 0.29) is 27.1 Å². The fourth-order valence-corrected chi connectivity index (χ4v) is 2.14. The largest absolute Gasteiger partial charge is 0.375 e. The third-order valence-corrected chi connectivity index (χ3v) is 3.55. The molecule has 0 radical (unpaired) electrons. The van der Waals surface area contributed by atoms with Gasteiger partial charge in [0.15, 0.2) is 0 Å². The molecule has 4 nitrogen and oxygen atoms in total. The van der Waals surface area contributed by atoms with Crippen LogP contribution in [0.1, 0.15) is 5.56 Å². The number of hydrogen-bond donors (Lipinski definition) is 1. The molecule has 0 amide bonds. The van der Waals surface area contributed by atoms with Crippen LogP contribution in [0.15, 0.2) is 30.3 Å². The molecule has 0 spiro atoms. The van der Waals surface area contributed by atoms with Crippen LogP contribution in [0.5, 0.6) is 0 Å². The first-order chi connectivity index (χ1) is 9.88. The summed E-state index contributed by atoms with van der Waals surface area (Å²) in [5, 5.41) is 13.5. The van der Waals surface area contributed by atoms with Crippen LogP contribution in [-0.4, -0.2) is 4.92 Å². The van der Waals surface area contributed by atoms with Gasteiger partial charge in [-0.3, -0.25) is 10.1 Å². The number of nitrogens with one attached hydrogen (secondary N) is 1. The third kappa shape index (κ3) is 3.63. The van der Waals surface area contributed by atoms with Crippen molar-refractivity contribution in [2.45, 2.75) is 6.54 Å². The van der Waals surface area contributed by atoms with Crippen molar-refractivity contribution in [3.8, 4) is 0 Å². The van der Waals surface area contributed by atoms with Crippen LogP contribution in [0.3, 0.4) is 0 Å². The molecule has 2 aromatic carbocycles. The van der Waals surface area contributed by atoms with Gasteiger partial charge >= 0.3 is 0 Å². The maximum atomic E-state index is 13.5. The predicted octanol–water partition coefficient (Wildman–Crippen LogP) is 4.23. The van der Waals surface area contributed by atoms with Crippen LogP contribution in [0, 0.1) is 31.1 Å². The summed E-state index contributed by atoms with van der Waals surface area (Å²) in [7, 11) is 0. The molecule has 0 fully saturated rings. The second-order valence-corrected chi connectivity index (χ2v) is 5.29. The fraction of sp³-hybridized carbons (Fsp3) is 0.0769. The highest BCUT2D eigenvalue weighted by Gasteiger charge is 2.17. The lowest BCUT2D eigenvalue weighted by molar-refractivity contribution is -0.384. The first-order valence-electron chi connectivity index (χ1n) is 5.69. The van der Waals surface area contributed by atoms with E-state index in [1.54, 1.807) is 22.6 Å². The van der Waals surface area contributed by atoms with Crippen molar-refractivity contribution in [1.29, 1.82) is 0 Å². The van der Waals surface area contributed by atoms with E-state index in [1.807, 2.05) is 0 Å². The molecule has 0 saturated carbocycles. The van der Waals surface area contributed by atoms with Gasteiger partial charge in [0.25, 0.3) is 5.69 Å². The van der Waals surface area contributed by atoms with Gasteiger partial charge in [-0.05, 0) is 28.7 Å². The summed E-state index contributed by atoms with van der Waals surface area (Å²) in [6, 6.07) is 5.05. The molecule has 0 unspecified atom stereocenters. The summed E-state index contributed by atoms with van der Waals surface area (Å²) in [5.41, 5.74) is -0.269. The number of nitro benzene ring substituents is 1. The van der Waals surface area contributed by atoms with Crippen LogP contribution >= 0.6 is 22.6 Å². The lowest BCUT2D eigenvalue weighted by atomic mass is 10.2. The lowest BCUT2D eigenvalue weighted by Gasteiger charge is -2.09. The van der Waals surface area contributed by atoms with Crippen LogP contribution in [0.2, 0.25) is 0 Å². The summed E-state index contributed by atoms with van der Waals surface area (Å²) >= 11 is 1.64. The predicted molar refractivity (Wildman–Crippen MR) is 79.5 cm³/mol. The second-order valence-electron chi connectivity index (χ2n) is 4.13. The molecule has 21 heavy (non-hydrogen) atoms. The number of anilines is 1. The Kier molecular flexibility index (Phi) is 4.66. The van der Waals surface area contributed by atoms with Gasteiger partial charge in [-0.1, -0.05) is 6.07 Å². The molecule has 0 bridgehead atoms. The lowest BCUT2D eigenvalue weighted by Crippen LogP contribution is -2.05. The molecule has 0 atom stereocenters. The highest BCUT2D eigenvalue weighted by Crippen LogP contribution is 2.29. The first kappa shape index (κ1) is 15.5. The van der Waals surface area contributed by atoms with Gasteiger partial charge in [0.1, 0.15) is 23.1 Å². The van der Waals surface area contributed by atoms with Crippen molar-refractivity contribution in [3.63, 3.8) is 0 Å². The van der Waals surface area contributed by atoms with Crippen LogP contribution in [0.25, 0.3) is 0 Å². The molecule has 0 saturated heterocycles. The first-order valence-corrected chi connectivity index (χ1v) is 6.77. The van der Waals surface area contributed by atoms with Gasteiger partial charge < -0.3 is 5.32 Å². The molecule has 2 rings (SSSR count). The Morgan fingerprint density at radius 3 is 2.48 bits per heavy atom. The molecule has 0 heterocycles. The Morgan fingerprint density at radius 1 is 1.14 bits per heavy atom. The minimum Gasteiger partial charge on any atom is -0.375 e. The standard InChI is InChI=1S/C13H8F3IN2O2/c14-8-2-1-7(9(15)3-8)6-18-12-4-10(16)11(17)5-13(12)19(20)21/h1-5,18H,6H2. The van der Waals surface area contributed by atoms with Crippen molar-refractivity contribution in [1.82, 2.24) is 0 Å². The van der Waals surface area contributed by atoms with E-state index in [1.165, 1.54) is 6.07 Å². The zero-order valence-corrected chi connectivity index (χ0v) is 12.5. The highest BCUT2D eigenvalue weighted by molar-refractivity contribution is 14.1. The molecular weight excluding hydrogens is 400 g/mol. The summed E-state index contributed by atoms with van der Waals surface area (Å²) < 4.78 is 39.8. The Bertz CT molecular complexity index is 710. The van der Waals surface area contributed by atoms with Crippen molar-refractivity contribution in [2.75, 3.05) is 5.32 Å². The number of hydrogen-bond acceptors (Lipinski definition) is 3. The molecular formula is C13H8F3IN2O2. The summed E-state index contributed by atoms with van der Waals surface area (Å²) in [6.07, 6.45) is 0. The summed E-state index contributed by atoms with van der Waals surface area (Å²) in [5.74, 6) is -2.12. The monoisotopic (exact) mass is 408 g/mol. The Balaban J connectivity index is 2.27. The zero-order valence-electron chi connectivity index (χ0n) is 10.4. The minimum absolute atomic E-state index is 0.0679. The number of nitrogens with zero attached hydrogens (tertiary/aromatic N) is 1. The van der Waals surface area contributed by atoms with Gasteiger partial charge in [-0.2, -0.15) is 0 Å². The Morgan fingerprint density at radius 2 is 1.86 bits per heavy atom. The Hall–Kier alpha value is -1.84. The zero-order chi connectivity index (χ0) is 15.6. The van der Waals surface area contributed by atoms with E-state index in [9.17, 15) is 23.3 Å². The maximum absolute atomic E-state index is 13.5. The van der Waals surface area contributed by atoms with E-state index in [4.69, 9.17) is 0 Å². The Labute approximate surface area is 131 Å². The highest BCUT2D eigenvalue weighted by atomic mass is 127. The van der Waals surface area contributed by atoms with E-state index in [2.05, 4.69) is 5.32 Å². The van der Waals surface area contributed by atoms with Crippen LogP contribution in [0.4, 0.5) is 24.5 Å². The average molecular weight is 408 g/mol. The van der Waals surface area contributed by atoms with Gasteiger partial charge in [-0.25, -0.2) is 13.2 Å². The number of nitro groups is 1. The van der Waals surface area contributed by atoms with E-state index in [0.717, 1.165) is 18.2 Å². The summed E-state index contributed by atoms with van der Waals surface area (Å²) in [6.45, 7) is -0.132. The van der Waals surface area contributed by atoms with Crippen molar-refractivity contribution in [3.05, 3.63) is 67.0 Å². The maximum Gasteiger partial charge on any atom is 0.293 e. The topological polar surface area (TPSA) is 55.2 Å². The SMILES string of the molecule is O=[N+]([O-])c1cc(I)c(F)cc1NCc1ccc(F)cc1F. The smallest absolute Gasteiger partial charge is 0.293 e. The van der Waals surface area contributed by atoms with Gasteiger partial charge in [0.2, 0.25) is 0 Å². The molecule has 8 heteroatoms. The molecule has 0 aromatic heterocycles. The number of halogens is 4. The van der Waals surface area contributed by atoms with Gasteiger partial charge in [-0.15, -0.1) is 0 Å². The molecule has 0 aliphatic rings. The van der Waals surface area contributed by atoms with Crippen molar-refractivity contribution in [2.24, 2.45) is 0 Å². The normalized spacial score (nSPS) is 10.5. The van der Waals surface area contributed by atoms with Crippen molar-refractivity contribution < 1.29 is 18.1 Å². The third-order valence-electron chi connectivity index (χ3n) is 2.72. The molecule has 0 aliphatic heterocycles. The number of benzene rings is 2. The van der Waals surface area contributed by atoms with Crippen LogP contribution in [-0.2, 0) is 6.54 Å². The van der Waals surface area contributed by atoms with E-state index in [0.29, 0.717) is 6.07 Å². The van der Waals surface area contributed by atoms with E-state index < -0.39 is 22.4 Å². The van der Waals surface area contributed by atoms with Gasteiger partial charge in [0, 0.05) is 30.3 Å². The molecule has 2 aromatic rings. The fourth-order valence-electron chi connectivity index (χ4n) is 1.68. The summed E-state index contributed by atoms with van der Waals surface area (Å²) in [4.78, 5) is 10.3. The molecule has 1 N–H and O–H groups in total. The minimum atomic E-state index is -0.781. The van der Waals surface area contributed by atoms with Crippen LogP contribution < -0.4 is 5.32 Å². The van der Waals surface area contributed by atoms with Gasteiger partial charge in [0.05, 0.1) is 8.49 Å². The average Bonchev–Trinajstić information content (AvgIpc) is 2.41. The van der Waals surface area contributed by atoms with Crippen molar-refractivity contribution >= 4 is 34.0 Å². The molecule has 110 valence electrons. The molecule has 0 aliphatic carbocycles. The number of rotatable bonds is 4. The van der Waals surface area contributed by atoms with E-state index >= 15 is 0 Å². The second kappa shape index (κ2) is 6.29. The quantitative estimate of drug-likeness (QED) is 0.468.